The molecule has 0 saturated heterocycles. The standard InChI is InChI=1S/C16H25N6O/c1-4-6-9-16(22(5-2)12-13-23)20-18-14-17-19-15-10-7-8-11-21(15)3/h6-11,14,23H,4-5,12-13H2,1-3H3/q+1/b9-6-. The maximum atomic E-state index is 9.11. The SMILES string of the molecule is CC\C=C/C(=N\N=C\N=Nc1cccc[n+]1C)N(CC)CCO. The lowest BCUT2D eigenvalue weighted by atomic mass is 10.3. The fraction of sp³-hybridized carbons (Fsp3) is 0.438. The van der Waals surface area contributed by atoms with Crippen LogP contribution in [0, 0.1) is 0 Å². The third-order valence-electron chi connectivity index (χ3n) is 3.03. The van der Waals surface area contributed by atoms with Gasteiger partial charge in [-0.05, 0) is 30.6 Å². The second-order valence-electron chi connectivity index (χ2n) is 4.69. The molecule has 7 nitrogen and oxygen atoms in total. The first-order valence-corrected chi connectivity index (χ1v) is 7.70. The molecule has 0 fully saturated rings. The molecule has 23 heavy (non-hydrogen) atoms. The van der Waals surface area contributed by atoms with E-state index in [-0.39, 0.29) is 6.61 Å². The van der Waals surface area contributed by atoms with Gasteiger partial charge in [0.1, 0.15) is 0 Å². The summed E-state index contributed by atoms with van der Waals surface area (Å²) in [4.78, 5) is 1.94. The van der Waals surface area contributed by atoms with E-state index < -0.39 is 0 Å². The third-order valence-corrected chi connectivity index (χ3v) is 3.03. The second kappa shape index (κ2) is 11.2. The highest BCUT2D eigenvalue weighted by Crippen LogP contribution is 2.02. The van der Waals surface area contributed by atoms with Gasteiger partial charge in [-0.1, -0.05) is 19.1 Å². The number of rotatable bonds is 8. The van der Waals surface area contributed by atoms with Crippen molar-refractivity contribution in [3.8, 4) is 0 Å². The molecule has 0 aliphatic carbocycles. The molecule has 0 atom stereocenters. The van der Waals surface area contributed by atoms with Crippen LogP contribution in [0.5, 0.6) is 0 Å². The van der Waals surface area contributed by atoms with Crippen LogP contribution >= 0.6 is 0 Å². The molecule has 1 aromatic heterocycles. The summed E-state index contributed by atoms with van der Waals surface area (Å²) in [7, 11) is 1.89. The van der Waals surface area contributed by atoms with Crippen LogP contribution in [0.2, 0.25) is 0 Å². The largest absolute Gasteiger partial charge is 0.395 e. The van der Waals surface area contributed by atoms with Crippen molar-refractivity contribution < 1.29 is 9.67 Å². The number of aromatic nitrogens is 1. The van der Waals surface area contributed by atoms with Gasteiger partial charge in [-0.3, -0.25) is 0 Å². The van der Waals surface area contributed by atoms with E-state index in [9.17, 15) is 0 Å². The van der Waals surface area contributed by atoms with Crippen molar-refractivity contribution in [3.05, 3.63) is 36.5 Å². The first-order chi connectivity index (χ1) is 11.2. The molecule has 0 spiro atoms. The molecule has 124 valence electrons. The Balaban J connectivity index is 2.79. The Bertz CT molecular complexity index is 580. The molecule has 1 aromatic rings. The van der Waals surface area contributed by atoms with E-state index in [1.807, 2.05) is 66.9 Å². The molecule has 1 N–H and O–H groups in total. The van der Waals surface area contributed by atoms with Gasteiger partial charge in [0, 0.05) is 19.2 Å². The molecular weight excluding hydrogens is 292 g/mol. The Morgan fingerprint density at radius 2 is 2.17 bits per heavy atom. The van der Waals surface area contributed by atoms with Gasteiger partial charge in [0.2, 0.25) is 0 Å². The monoisotopic (exact) mass is 317 g/mol. The average Bonchev–Trinajstić information content (AvgIpc) is 2.57. The highest BCUT2D eigenvalue weighted by Gasteiger charge is 2.05. The first-order valence-electron chi connectivity index (χ1n) is 7.70. The number of likely N-dealkylation sites (N-methyl/N-ethyl adjacent to an activating group) is 1. The number of hydrogen-bond donors (Lipinski definition) is 1. The predicted molar refractivity (Wildman–Crippen MR) is 91.8 cm³/mol. The number of nitrogens with zero attached hydrogens (tertiary/aromatic N) is 6. The number of aliphatic hydroxyl groups is 1. The van der Waals surface area contributed by atoms with E-state index in [0.717, 1.165) is 18.8 Å². The molecule has 0 aliphatic rings. The molecule has 7 heteroatoms. The van der Waals surface area contributed by atoms with Gasteiger partial charge in [0.15, 0.2) is 12.2 Å². The van der Waals surface area contributed by atoms with Crippen LogP contribution in [0.25, 0.3) is 0 Å². The van der Waals surface area contributed by atoms with E-state index in [0.29, 0.717) is 12.4 Å². The third kappa shape index (κ3) is 6.92. The van der Waals surface area contributed by atoms with E-state index in [1.54, 1.807) is 0 Å². The Morgan fingerprint density at radius 3 is 2.83 bits per heavy atom. The molecule has 0 saturated carbocycles. The smallest absolute Gasteiger partial charge is 0.350 e. The highest BCUT2D eigenvalue weighted by molar-refractivity contribution is 5.93. The molecule has 0 aliphatic heterocycles. The second-order valence-corrected chi connectivity index (χ2v) is 4.69. The zero-order valence-corrected chi connectivity index (χ0v) is 14.0. The van der Waals surface area contributed by atoms with E-state index >= 15 is 0 Å². The van der Waals surface area contributed by atoms with Crippen LogP contribution < -0.4 is 4.57 Å². The lowest BCUT2D eigenvalue weighted by Gasteiger charge is -2.20. The summed E-state index contributed by atoms with van der Waals surface area (Å²) < 4.78 is 1.86. The molecule has 1 heterocycles. The molecule has 0 unspecified atom stereocenters. The Kier molecular flexibility index (Phi) is 9.07. The van der Waals surface area contributed by atoms with Crippen LogP contribution in [0.3, 0.4) is 0 Å². The summed E-state index contributed by atoms with van der Waals surface area (Å²) in [5.74, 6) is 1.42. The minimum absolute atomic E-state index is 0.0702. The zero-order valence-electron chi connectivity index (χ0n) is 14.0. The molecule has 0 radical (unpaired) electrons. The topological polar surface area (TPSA) is 76.8 Å². The lowest BCUT2D eigenvalue weighted by molar-refractivity contribution is -0.658. The minimum Gasteiger partial charge on any atom is -0.395 e. The van der Waals surface area contributed by atoms with Gasteiger partial charge in [0.25, 0.3) is 0 Å². The number of aliphatic hydroxyl groups excluding tert-OH is 1. The van der Waals surface area contributed by atoms with Crippen molar-refractivity contribution >= 4 is 18.0 Å². The normalized spacial score (nSPS) is 12.8. The summed E-state index contributed by atoms with van der Waals surface area (Å²) in [6.45, 7) is 5.38. The van der Waals surface area contributed by atoms with Gasteiger partial charge in [0.05, 0.1) is 25.0 Å². The van der Waals surface area contributed by atoms with Gasteiger partial charge >= 0.3 is 5.82 Å². The van der Waals surface area contributed by atoms with E-state index in [4.69, 9.17) is 5.11 Å². The molecule has 0 bridgehead atoms. The number of allylic oxidation sites excluding steroid dienone is 1. The summed E-state index contributed by atoms with van der Waals surface area (Å²) in [6.07, 6.45) is 8.00. The predicted octanol–water partition coefficient (Wildman–Crippen LogP) is 2.22. The summed E-state index contributed by atoms with van der Waals surface area (Å²) >= 11 is 0. The number of pyridine rings is 1. The lowest BCUT2D eigenvalue weighted by Crippen LogP contribution is -2.32. The quantitative estimate of drug-likeness (QED) is 0.262. The van der Waals surface area contributed by atoms with Crippen LogP contribution in [0.1, 0.15) is 20.3 Å². The summed E-state index contributed by atoms with van der Waals surface area (Å²) in [5.41, 5.74) is 0. The molecular formula is C16H25N6O+. The minimum atomic E-state index is 0.0702. The highest BCUT2D eigenvalue weighted by atomic mass is 16.3. The molecule has 0 amide bonds. The van der Waals surface area contributed by atoms with Crippen LogP contribution in [-0.4, -0.2) is 41.9 Å². The van der Waals surface area contributed by atoms with E-state index in [2.05, 4.69) is 20.4 Å². The van der Waals surface area contributed by atoms with Crippen molar-refractivity contribution in [2.24, 2.45) is 27.5 Å². The van der Waals surface area contributed by atoms with E-state index in [1.165, 1.54) is 6.34 Å². The average molecular weight is 317 g/mol. The van der Waals surface area contributed by atoms with Gasteiger partial charge in [-0.25, -0.2) is 4.57 Å². The fourth-order valence-corrected chi connectivity index (χ4v) is 1.79. The van der Waals surface area contributed by atoms with Crippen molar-refractivity contribution in [1.29, 1.82) is 0 Å². The van der Waals surface area contributed by atoms with Crippen LogP contribution in [0.4, 0.5) is 5.82 Å². The maximum absolute atomic E-state index is 9.11. The maximum Gasteiger partial charge on any atom is 0.350 e. The molecule has 0 aromatic carbocycles. The van der Waals surface area contributed by atoms with Crippen molar-refractivity contribution in [1.82, 2.24) is 4.90 Å². The van der Waals surface area contributed by atoms with Crippen molar-refractivity contribution in [2.45, 2.75) is 20.3 Å². The Morgan fingerprint density at radius 1 is 1.35 bits per heavy atom. The summed E-state index contributed by atoms with van der Waals surface area (Å²) in [6, 6.07) is 5.67. The summed E-state index contributed by atoms with van der Waals surface area (Å²) in [5, 5.41) is 25.2. The van der Waals surface area contributed by atoms with Gasteiger partial charge in [-0.2, -0.15) is 0 Å². The number of hydrogen-bond acceptors (Lipinski definition) is 4. The van der Waals surface area contributed by atoms with Gasteiger partial charge < -0.3 is 10.0 Å². The van der Waals surface area contributed by atoms with Crippen molar-refractivity contribution in [2.75, 3.05) is 19.7 Å². The number of aryl methyl sites for hydroxylation is 1. The molecule has 1 rings (SSSR count). The van der Waals surface area contributed by atoms with Gasteiger partial charge in [-0.15, -0.1) is 10.2 Å². The van der Waals surface area contributed by atoms with Crippen LogP contribution in [-0.2, 0) is 7.05 Å². The Hall–Kier alpha value is -2.41. The van der Waals surface area contributed by atoms with Crippen LogP contribution in [0.15, 0.2) is 57.0 Å². The number of amidine groups is 1. The number of azo groups is 1. The fourth-order valence-electron chi connectivity index (χ4n) is 1.79. The Labute approximate surface area is 137 Å². The zero-order chi connectivity index (χ0) is 16.9. The first kappa shape index (κ1) is 18.6. The van der Waals surface area contributed by atoms with Crippen molar-refractivity contribution in [3.63, 3.8) is 0 Å².